The molecule has 1 aromatic rings. The fourth-order valence-electron chi connectivity index (χ4n) is 2.33. The first-order valence-corrected chi connectivity index (χ1v) is 7.23. The van der Waals surface area contributed by atoms with E-state index in [9.17, 15) is 9.59 Å². The summed E-state index contributed by atoms with van der Waals surface area (Å²) in [6.07, 6.45) is 0.865. The van der Waals surface area contributed by atoms with Gasteiger partial charge in [-0.15, -0.1) is 0 Å². The van der Waals surface area contributed by atoms with E-state index in [-0.39, 0.29) is 22.9 Å². The zero-order valence-electron chi connectivity index (χ0n) is 12.2. The average molecular weight is 313 g/mol. The van der Waals surface area contributed by atoms with Crippen LogP contribution in [0.15, 0.2) is 18.2 Å². The summed E-state index contributed by atoms with van der Waals surface area (Å²) in [4.78, 5) is 22.4. The summed E-state index contributed by atoms with van der Waals surface area (Å²) in [5.74, 6) is -1.07. The van der Waals surface area contributed by atoms with E-state index in [1.165, 1.54) is 0 Å². The first-order chi connectivity index (χ1) is 9.81. The predicted octanol–water partition coefficient (Wildman–Crippen LogP) is 2.99. The minimum Gasteiger partial charge on any atom is -0.481 e. The van der Waals surface area contributed by atoms with Crippen LogP contribution in [0.25, 0.3) is 0 Å². The Bertz CT molecular complexity index is 518. The molecule has 21 heavy (non-hydrogen) atoms. The van der Waals surface area contributed by atoms with Crippen molar-refractivity contribution in [3.05, 3.63) is 28.8 Å². The van der Waals surface area contributed by atoms with Crippen LogP contribution in [0, 0.1) is 11.8 Å². The number of carbonyl (C=O) groups is 2. The molecular weight excluding hydrogens is 292 g/mol. The van der Waals surface area contributed by atoms with Crippen LogP contribution in [-0.4, -0.2) is 23.5 Å². The molecule has 5 nitrogen and oxygen atoms in total. The van der Waals surface area contributed by atoms with Gasteiger partial charge in [0.2, 0.25) is 0 Å². The molecule has 1 amide bonds. The standard InChI is InChI=1S/C15H21ClN2O3/c1-9(2)6-10(7-13(19)20)8-18-12-5-3-4-11(16)14(12)15(17)21/h3-5,9-10,18H,6-8H2,1-2H3,(H2,17,21)(H,19,20). The number of carbonyl (C=O) groups excluding carboxylic acids is 1. The molecule has 1 unspecified atom stereocenters. The smallest absolute Gasteiger partial charge is 0.303 e. The molecule has 0 aliphatic rings. The lowest BCUT2D eigenvalue weighted by atomic mass is 9.94. The van der Waals surface area contributed by atoms with Gasteiger partial charge < -0.3 is 16.2 Å². The fourth-order valence-corrected chi connectivity index (χ4v) is 2.60. The molecule has 1 rings (SSSR count). The van der Waals surface area contributed by atoms with Gasteiger partial charge in [-0.1, -0.05) is 31.5 Å². The zero-order valence-corrected chi connectivity index (χ0v) is 13.0. The molecule has 0 saturated carbocycles. The average Bonchev–Trinajstić information content (AvgIpc) is 2.34. The summed E-state index contributed by atoms with van der Waals surface area (Å²) in [6.45, 7) is 4.54. The number of carboxylic acids is 1. The molecule has 0 saturated heterocycles. The van der Waals surface area contributed by atoms with E-state index in [2.05, 4.69) is 5.32 Å². The van der Waals surface area contributed by atoms with Gasteiger partial charge in [-0.05, 0) is 30.4 Å². The third-order valence-electron chi connectivity index (χ3n) is 3.11. The SMILES string of the molecule is CC(C)CC(CNc1cccc(Cl)c1C(N)=O)CC(=O)O. The van der Waals surface area contributed by atoms with Crippen LogP contribution in [0.3, 0.4) is 0 Å². The number of carboxylic acid groups (broad SMARTS) is 1. The molecule has 0 heterocycles. The summed E-state index contributed by atoms with van der Waals surface area (Å²) in [6, 6.07) is 5.01. The van der Waals surface area contributed by atoms with E-state index in [1.54, 1.807) is 18.2 Å². The molecule has 0 bridgehead atoms. The lowest BCUT2D eigenvalue weighted by molar-refractivity contribution is -0.138. The number of aliphatic carboxylic acids is 1. The maximum atomic E-state index is 11.4. The van der Waals surface area contributed by atoms with Gasteiger partial charge in [0, 0.05) is 18.7 Å². The number of hydrogen-bond acceptors (Lipinski definition) is 3. The van der Waals surface area contributed by atoms with Crippen molar-refractivity contribution in [2.24, 2.45) is 17.6 Å². The number of benzene rings is 1. The molecule has 0 spiro atoms. The van der Waals surface area contributed by atoms with Crippen molar-refractivity contribution < 1.29 is 14.7 Å². The number of amides is 1. The Hall–Kier alpha value is -1.75. The van der Waals surface area contributed by atoms with E-state index in [1.807, 2.05) is 13.8 Å². The molecule has 6 heteroatoms. The molecule has 0 fully saturated rings. The zero-order chi connectivity index (χ0) is 16.0. The van der Waals surface area contributed by atoms with E-state index in [0.717, 1.165) is 6.42 Å². The third kappa shape index (κ3) is 5.63. The van der Waals surface area contributed by atoms with Gasteiger partial charge >= 0.3 is 5.97 Å². The highest BCUT2D eigenvalue weighted by molar-refractivity contribution is 6.34. The van der Waals surface area contributed by atoms with Gasteiger partial charge in [-0.25, -0.2) is 0 Å². The highest BCUT2D eigenvalue weighted by atomic mass is 35.5. The second-order valence-corrected chi connectivity index (χ2v) is 5.91. The number of halogens is 1. The summed E-state index contributed by atoms with van der Waals surface area (Å²) in [5, 5.41) is 12.3. The monoisotopic (exact) mass is 312 g/mol. The summed E-state index contributed by atoms with van der Waals surface area (Å²) in [5.41, 5.74) is 6.10. The maximum Gasteiger partial charge on any atom is 0.303 e. The Labute approximate surface area is 129 Å². The van der Waals surface area contributed by atoms with Crippen LogP contribution in [0.4, 0.5) is 5.69 Å². The van der Waals surface area contributed by atoms with Gasteiger partial charge in [0.05, 0.1) is 10.6 Å². The molecule has 0 aliphatic heterocycles. The molecule has 4 N–H and O–H groups in total. The Morgan fingerprint density at radius 3 is 2.57 bits per heavy atom. The predicted molar refractivity (Wildman–Crippen MR) is 83.7 cm³/mol. The minimum atomic E-state index is -0.830. The Balaban J connectivity index is 2.82. The Morgan fingerprint density at radius 2 is 2.05 bits per heavy atom. The van der Waals surface area contributed by atoms with Gasteiger partial charge in [-0.2, -0.15) is 0 Å². The first-order valence-electron chi connectivity index (χ1n) is 6.85. The van der Waals surface area contributed by atoms with Crippen LogP contribution < -0.4 is 11.1 Å². The minimum absolute atomic E-state index is 0.0257. The first kappa shape index (κ1) is 17.3. The molecule has 1 atom stereocenters. The highest BCUT2D eigenvalue weighted by Crippen LogP contribution is 2.25. The maximum absolute atomic E-state index is 11.4. The topological polar surface area (TPSA) is 92.4 Å². The number of rotatable bonds is 8. The van der Waals surface area contributed by atoms with Gasteiger partial charge in [-0.3, -0.25) is 9.59 Å². The van der Waals surface area contributed by atoms with Crippen molar-refractivity contribution in [1.82, 2.24) is 0 Å². The van der Waals surface area contributed by atoms with Crippen molar-refractivity contribution in [3.63, 3.8) is 0 Å². The van der Waals surface area contributed by atoms with Crippen molar-refractivity contribution in [1.29, 1.82) is 0 Å². The van der Waals surface area contributed by atoms with E-state index in [0.29, 0.717) is 18.2 Å². The molecule has 1 aromatic carbocycles. The van der Waals surface area contributed by atoms with Crippen LogP contribution in [0.2, 0.25) is 5.02 Å². The lowest BCUT2D eigenvalue weighted by Gasteiger charge is -2.19. The molecule has 116 valence electrons. The van der Waals surface area contributed by atoms with E-state index >= 15 is 0 Å². The number of nitrogens with two attached hydrogens (primary N) is 1. The van der Waals surface area contributed by atoms with Gasteiger partial charge in [0.25, 0.3) is 5.91 Å². The van der Waals surface area contributed by atoms with Gasteiger partial charge in [0.15, 0.2) is 0 Å². The highest BCUT2D eigenvalue weighted by Gasteiger charge is 2.17. The number of nitrogens with one attached hydrogen (secondary N) is 1. The second-order valence-electron chi connectivity index (χ2n) is 5.50. The van der Waals surface area contributed by atoms with Crippen LogP contribution in [0.1, 0.15) is 37.0 Å². The number of hydrogen-bond donors (Lipinski definition) is 3. The van der Waals surface area contributed by atoms with Gasteiger partial charge in [0.1, 0.15) is 0 Å². The molecule has 0 radical (unpaired) electrons. The molecule has 0 aromatic heterocycles. The largest absolute Gasteiger partial charge is 0.481 e. The van der Waals surface area contributed by atoms with Crippen LogP contribution in [0.5, 0.6) is 0 Å². The van der Waals surface area contributed by atoms with E-state index in [4.69, 9.17) is 22.4 Å². The van der Waals surface area contributed by atoms with Crippen LogP contribution in [-0.2, 0) is 4.79 Å². The lowest BCUT2D eigenvalue weighted by Crippen LogP contribution is -2.22. The summed E-state index contributed by atoms with van der Waals surface area (Å²) < 4.78 is 0. The number of primary amides is 1. The summed E-state index contributed by atoms with van der Waals surface area (Å²) in [7, 11) is 0. The number of anilines is 1. The van der Waals surface area contributed by atoms with E-state index < -0.39 is 11.9 Å². The Morgan fingerprint density at radius 1 is 1.38 bits per heavy atom. The molecule has 0 aliphatic carbocycles. The second kappa shape index (κ2) is 7.88. The van der Waals surface area contributed by atoms with Crippen molar-refractivity contribution in [2.75, 3.05) is 11.9 Å². The van der Waals surface area contributed by atoms with Crippen molar-refractivity contribution in [3.8, 4) is 0 Å². The fraction of sp³-hybridized carbons (Fsp3) is 0.467. The Kier molecular flexibility index (Phi) is 6.49. The van der Waals surface area contributed by atoms with Crippen molar-refractivity contribution >= 4 is 29.2 Å². The van der Waals surface area contributed by atoms with Crippen molar-refractivity contribution in [2.45, 2.75) is 26.7 Å². The third-order valence-corrected chi connectivity index (χ3v) is 3.42. The quantitative estimate of drug-likeness (QED) is 0.688. The molecular formula is C15H21ClN2O3. The van der Waals surface area contributed by atoms with Crippen LogP contribution >= 0.6 is 11.6 Å². The summed E-state index contributed by atoms with van der Waals surface area (Å²) >= 11 is 5.97. The normalized spacial score (nSPS) is 12.2.